The standard InChI is InChI=1S/C18H21N3O4S/c1-21(2)26(24,25)16-10-6-9-15(13-16)18(23)20-19-17(22)12-11-14-7-4-3-5-8-14/h3-10,13H,11-12H2,1-2H3,(H,19,22)(H,20,23). The minimum Gasteiger partial charge on any atom is -0.273 e. The van der Waals surface area contributed by atoms with Crippen LogP contribution in [0.2, 0.25) is 0 Å². The zero-order valence-corrected chi connectivity index (χ0v) is 15.4. The second-order valence-electron chi connectivity index (χ2n) is 5.80. The van der Waals surface area contributed by atoms with Crippen LogP contribution in [0.25, 0.3) is 0 Å². The minimum atomic E-state index is -3.64. The number of hydrogen-bond acceptors (Lipinski definition) is 4. The van der Waals surface area contributed by atoms with Gasteiger partial charge in [0, 0.05) is 26.1 Å². The smallest absolute Gasteiger partial charge is 0.269 e. The fourth-order valence-electron chi connectivity index (χ4n) is 2.17. The number of hydrazine groups is 1. The first-order valence-electron chi connectivity index (χ1n) is 7.96. The lowest BCUT2D eigenvalue weighted by Gasteiger charge is -2.12. The van der Waals surface area contributed by atoms with E-state index in [0.717, 1.165) is 9.87 Å². The van der Waals surface area contributed by atoms with Crippen LogP contribution in [-0.2, 0) is 21.2 Å². The molecule has 0 aliphatic rings. The van der Waals surface area contributed by atoms with E-state index >= 15 is 0 Å². The molecule has 26 heavy (non-hydrogen) atoms. The van der Waals surface area contributed by atoms with Gasteiger partial charge in [-0.15, -0.1) is 0 Å². The predicted octanol–water partition coefficient (Wildman–Crippen LogP) is 1.33. The molecule has 0 spiro atoms. The van der Waals surface area contributed by atoms with Gasteiger partial charge in [0.2, 0.25) is 15.9 Å². The zero-order valence-electron chi connectivity index (χ0n) is 14.6. The number of carbonyl (C=O) groups excluding carboxylic acids is 2. The Morgan fingerprint density at radius 3 is 2.31 bits per heavy atom. The molecule has 0 aromatic heterocycles. The van der Waals surface area contributed by atoms with Crippen molar-refractivity contribution in [1.82, 2.24) is 15.2 Å². The van der Waals surface area contributed by atoms with Gasteiger partial charge in [0.15, 0.2) is 0 Å². The molecule has 8 heteroatoms. The van der Waals surface area contributed by atoms with Crippen molar-refractivity contribution in [3.63, 3.8) is 0 Å². The molecule has 2 rings (SSSR count). The highest BCUT2D eigenvalue weighted by Crippen LogP contribution is 2.14. The average molecular weight is 375 g/mol. The van der Waals surface area contributed by atoms with Gasteiger partial charge < -0.3 is 0 Å². The normalized spacial score (nSPS) is 11.2. The van der Waals surface area contributed by atoms with Crippen molar-refractivity contribution in [2.45, 2.75) is 17.7 Å². The Bertz CT molecular complexity index is 880. The van der Waals surface area contributed by atoms with Crippen molar-refractivity contribution < 1.29 is 18.0 Å². The summed E-state index contributed by atoms with van der Waals surface area (Å²) >= 11 is 0. The van der Waals surface area contributed by atoms with Crippen molar-refractivity contribution in [1.29, 1.82) is 0 Å². The number of rotatable bonds is 6. The van der Waals surface area contributed by atoms with Gasteiger partial charge in [-0.1, -0.05) is 36.4 Å². The number of carbonyl (C=O) groups is 2. The Kier molecular flexibility index (Phi) is 6.48. The van der Waals surface area contributed by atoms with Crippen LogP contribution in [-0.4, -0.2) is 38.6 Å². The number of benzene rings is 2. The van der Waals surface area contributed by atoms with Gasteiger partial charge >= 0.3 is 0 Å². The van der Waals surface area contributed by atoms with E-state index in [1.165, 1.54) is 38.4 Å². The number of amides is 2. The number of nitrogens with zero attached hydrogens (tertiary/aromatic N) is 1. The van der Waals surface area contributed by atoms with Crippen LogP contribution < -0.4 is 10.9 Å². The molecule has 2 N–H and O–H groups in total. The SMILES string of the molecule is CN(C)S(=O)(=O)c1cccc(C(=O)NNC(=O)CCc2ccccc2)c1. The molecule has 7 nitrogen and oxygen atoms in total. The topological polar surface area (TPSA) is 95.6 Å². The molecule has 2 amide bonds. The maximum atomic E-state index is 12.1. The molecule has 0 saturated carbocycles. The van der Waals surface area contributed by atoms with Crippen molar-refractivity contribution in [3.8, 4) is 0 Å². The molecular weight excluding hydrogens is 354 g/mol. The number of aryl methyl sites for hydroxylation is 1. The van der Waals surface area contributed by atoms with Gasteiger partial charge in [-0.05, 0) is 30.2 Å². The molecule has 0 radical (unpaired) electrons. The molecule has 2 aromatic rings. The highest BCUT2D eigenvalue weighted by molar-refractivity contribution is 7.89. The van der Waals surface area contributed by atoms with Crippen LogP contribution in [0, 0.1) is 0 Å². The summed E-state index contributed by atoms with van der Waals surface area (Å²) in [5.41, 5.74) is 5.79. The quantitative estimate of drug-likeness (QED) is 0.745. The first-order valence-corrected chi connectivity index (χ1v) is 9.40. The lowest BCUT2D eigenvalue weighted by molar-refractivity contribution is -0.121. The molecule has 2 aromatic carbocycles. The van der Waals surface area contributed by atoms with Gasteiger partial charge in [0.05, 0.1) is 4.90 Å². The summed E-state index contributed by atoms with van der Waals surface area (Å²) in [5, 5.41) is 0. The maximum Gasteiger partial charge on any atom is 0.269 e. The van der Waals surface area contributed by atoms with Crippen molar-refractivity contribution in [2.75, 3.05) is 14.1 Å². The molecule has 0 aliphatic carbocycles. The number of hydrogen-bond donors (Lipinski definition) is 2. The molecule has 0 fully saturated rings. The van der Waals surface area contributed by atoms with E-state index in [0.29, 0.717) is 6.42 Å². The van der Waals surface area contributed by atoms with E-state index in [1.807, 2.05) is 30.3 Å². The molecule has 0 aliphatic heterocycles. The Balaban J connectivity index is 1.93. The Morgan fingerprint density at radius 2 is 1.65 bits per heavy atom. The minimum absolute atomic E-state index is 0.00514. The highest BCUT2D eigenvalue weighted by Gasteiger charge is 2.18. The summed E-state index contributed by atoms with van der Waals surface area (Å²) in [5.74, 6) is -0.923. The summed E-state index contributed by atoms with van der Waals surface area (Å²) in [4.78, 5) is 24.0. The van der Waals surface area contributed by atoms with Crippen LogP contribution in [0.1, 0.15) is 22.3 Å². The molecular formula is C18H21N3O4S. The second-order valence-corrected chi connectivity index (χ2v) is 7.95. The van der Waals surface area contributed by atoms with E-state index in [4.69, 9.17) is 0 Å². The van der Waals surface area contributed by atoms with Crippen molar-refractivity contribution in [2.24, 2.45) is 0 Å². The lowest BCUT2D eigenvalue weighted by atomic mass is 10.1. The first-order chi connectivity index (χ1) is 12.3. The van der Waals surface area contributed by atoms with Gasteiger partial charge in [-0.25, -0.2) is 12.7 Å². The van der Waals surface area contributed by atoms with E-state index in [1.54, 1.807) is 0 Å². The van der Waals surface area contributed by atoms with Crippen LogP contribution in [0.4, 0.5) is 0 Å². The largest absolute Gasteiger partial charge is 0.273 e. The summed E-state index contributed by atoms with van der Waals surface area (Å²) in [7, 11) is -0.814. The third kappa shape index (κ3) is 5.14. The zero-order chi connectivity index (χ0) is 19.2. The summed E-state index contributed by atoms with van der Waals surface area (Å²) in [6.45, 7) is 0. The van der Waals surface area contributed by atoms with Gasteiger partial charge in [-0.3, -0.25) is 20.4 Å². The van der Waals surface area contributed by atoms with E-state index < -0.39 is 15.9 Å². The van der Waals surface area contributed by atoms with Gasteiger partial charge in [0.1, 0.15) is 0 Å². The van der Waals surface area contributed by atoms with E-state index in [2.05, 4.69) is 10.9 Å². The fraction of sp³-hybridized carbons (Fsp3) is 0.222. The van der Waals surface area contributed by atoms with Crippen LogP contribution in [0.5, 0.6) is 0 Å². The summed E-state index contributed by atoms with van der Waals surface area (Å²) in [6.07, 6.45) is 0.776. The molecule has 138 valence electrons. The molecule has 0 saturated heterocycles. The molecule has 0 heterocycles. The van der Waals surface area contributed by atoms with Crippen molar-refractivity contribution >= 4 is 21.8 Å². The molecule has 0 bridgehead atoms. The predicted molar refractivity (Wildman–Crippen MR) is 97.7 cm³/mol. The Labute approximate surface area is 153 Å². The Hall–Kier alpha value is -2.71. The van der Waals surface area contributed by atoms with Gasteiger partial charge in [-0.2, -0.15) is 0 Å². The first kappa shape index (κ1) is 19.6. The fourth-order valence-corrected chi connectivity index (χ4v) is 3.12. The van der Waals surface area contributed by atoms with Gasteiger partial charge in [0.25, 0.3) is 5.91 Å². The van der Waals surface area contributed by atoms with E-state index in [-0.39, 0.29) is 22.8 Å². The van der Waals surface area contributed by atoms with E-state index in [9.17, 15) is 18.0 Å². The monoisotopic (exact) mass is 375 g/mol. The van der Waals surface area contributed by atoms with Crippen molar-refractivity contribution in [3.05, 3.63) is 65.7 Å². The van der Waals surface area contributed by atoms with Crippen LogP contribution in [0.15, 0.2) is 59.5 Å². The summed E-state index contributed by atoms with van der Waals surface area (Å²) < 4.78 is 25.3. The number of sulfonamides is 1. The average Bonchev–Trinajstić information content (AvgIpc) is 2.65. The third-order valence-corrected chi connectivity index (χ3v) is 5.48. The Morgan fingerprint density at radius 1 is 0.962 bits per heavy atom. The maximum absolute atomic E-state index is 12.1. The summed E-state index contributed by atoms with van der Waals surface area (Å²) in [6, 6.07) is 15.1. The molecule has 0 unspecified atom stereocenters. The highest BCUT2D eigenvalue weighted by atomic mass is 32.2. The van der Waals surface area contributed by atoms with Crippen LogP contribution in [0.3, 0.4) is 0 Å². The molecule has 0 atom stereocenters. The lowest BCUT2D eigenvalue weighted by Crippen LogP contribution is -2.41. The van der Waals surface area contributed by atoms with Crippen LogP contribution >= 0.6 is 0 Å². The second kappa shape index (κ2) is 8.59. The number of nitrogens with one attached hydrogen (secondary N) is 2. The third-order valence-electron chi connectivity index (χ3n) is 3.67.